The average molecular weight is 424 g/mol. The Morgan fingerprint density at radius 3 is 2.18 bits per heavy atom. The van der Waals surface area contributed by atoms with E-state index in [1.165, 1.54) is 12.1 Å². The molecule has 0 aromatic heterocycles. The number of primary sulfonamides is 1. The van der Waals surface area contributed by atoms with Gasteiger partial charge in [0.05, 0.1) is 11.2 Å². The summed E-state index contributed by atoms with van der Waals surface area (Å²) < 4.78 is 48.1. The summed E-state index contributed by atoms with van der Waals surface area (Å²) in [5.41, 5.74) is 1.97. The van der Waals surface area contributed by atoms with Crippen LogP contribution in [0.3, 0.4) is 0 Å². The molecule has 28 heavy (non-hydrogen) atoms. The fourth-order valence-corrected chi connectivity index (χ4v) is 3.85. The fourth-order valence-electron chi connectivity index (χ4n) is 2.42. The van der Waals surface area contributed by atoms with Crippen molar-refractivity contribution in [3.8, 4) is 0 Å². The van der Waals surface area contributed by atoms with Crippen LogP contribution in [0.15, 0.2) is 53.4 Å². The van der Waals surface area contributed by atoms with Crippen LogP contribution in [0.25, 0.3) is 6.08 Å². The number of carbonyl (C=O) groups is 1. The highest BCUT2D eigenvalue weighted by atomic mass is 32.2. The zero-order valence-corrected chi connectivity index (χ0v) is 17.0. The van der Waals surface area contributed by atoms with Gasteiger partial charge in [-0.3, -0.25) is 9.52 Å². The normalized spacial score (nSPS) is 12.1. The van der Waals surface area contributed by atoms with E-state index in [4.69, 9.17) is 5.14 Å². The molecule has 0 bridgehead atoms. The molecule has 0 atom stereocenters. The van der Waals surface area contributed by atoms with E-state index in [-0.39, 0.29) is 4.90 Å². The van der Waals surface area contributed by atoms with Gasteiger partial charge in [0.15, 0.2) is 0 Å². The van der Waals surface area contributed by atoms with E-state index in [0.29, 0.717) is 28.9 Å². The number of anilines is 2. The van der Waals surface area contributed by atoms with Crippen molar-refractivity contribution in [3.63, 3.8) is 0 Å². The topological polar surface area (TPSA) is 135 Å². The molecule has 150 valence electrons. The predicted octanol–water partition coefficient (Wildman–Crippen LogP) is 1.92. The number of nitrogens with one attached hydrogen (secondary N) is 2. The second-order valence-corrected chi connectivity index (χ2v) is 9.32. The molecule has 0 aliphatic carbocycles. The molecule has 4 N–H and O–H groups in total. The van der Waals surface area contributed by atoms with Crippen molar-refractivity contribution in [3.05, 3.63) is 59.7 Å². The summed E-state index contributed by atoms with van der Waals surface area (Å²) >= 11 is 0. The van der Waals surface area contributed by atoms with Gasteiger partial charge < -0.3 is 5.32 Å². The number of sulfonamides is 2. The minimum atomic E-state index is -3.89. The number of amides is 1. The van der Waals surface area contributed by atoms with E-state index >= 15 is 0 Å². The second-order valence-electron chi connectivity index (χ2n) is 6.04. The van der Waals surface area contributed by atoms with Crippen LogP contribution in [0.4, 0.5) is 11.4 Å². The third-order valence-electron chi connectivity index (χ3n) is 3.66. The van der Waals surface area contributed by atoms with Crippen molar-refractivity contribution in [2.24, 2.45) is 5.14 Å². The van der Waals surface area contributed by atoms with Gasteiger partial charge in [0.25, 0.3) is 0 Å². The lowest BCUT2D eigenvalue weighted by molar-refractivity contribution is -0.111. The molecule has 10 heteroatoms. The highest BCUT2D eigenvalue weighted by Crippen LogP contribution is 2.20. The quantitative estimate of drug-likeness (QED) is 0.585. The van der Waals surface area contributed by atoms with Crippen molar-refractivity contribution in [1.82, 2.24) is 0 Å². The van der Waals surface area contributed by atoms with Gasteiger partial charge in [0.2, 0.25) is 26.0 Å². The Morgan fingerprint density at radius 1 is 1.04 bits per heavy atom. The first kappa shape index (κ1) is 21.6. The Hall–Kier alpha value is -2.69. The summed E-state index contributed by atoms with van der Waals surface area (Å²) in [6, 6.07) is 11.0. The first-order valence-electron chi connectivity index (χ1n) is 8.20. The van der Waals surface area contributed by atoms with E-state index < -0.39 is 26.0 Å². The van der Waals surface area contributed by atoms with Crippen molar-refractivity contribution < 1.29 is 21.6 Å². The zero-order valence-electron chi connectivity index (χ0n) is 15.3. The van der Waals surface area contributed by atoms with E-state index in [1.54, 1.807) is 42.5 Å². The van der Waals surface area contributed by atoms with E-state index in [1.807, 2.05) is 6.92 Å². The smallest absolute Gasteiger partial charge is 0.248 e. The molecule has 0 aliphatic rings. The molecule has 0 heterocycles. The van der Waals surface area contributed by atoms with Gasteiger partial charge in [-0.05, 0) is 47.9 Å². The molecular formula is C18H21N3O5S2. The number of carbonyl (C=O) groups excluding carboxylic acids is 1. The third-order valence-corrected chi connectivity index (χ3v) is 5.26. The number of rotatable bonds is 7. The van der Waals surface area contributed by atoms with Crippen LogP contribution >= 0.6 is 0 Å². The van der Waals surface area contributed by atoms with Crippen LogP contribution in [0, 0.1) is 0 Å². The molecule has 2 aromatic carbocycles. The molecule has 2 rings (SSSR count). The lowest BCUT2D eigenvalue weighted by atomic mass is 10.1. The summed E-state index contributed by atoms with van der Waals surface area (Å²) in [6.45, 7) is 1.81. The van der Waals surface area contributed by atoms with Crippen LogP contribution < -0.4 is 15.2 Å². The molecule has 0 fully saturated rings. The molecule has 0 spiro atoms. The highest BCUT2D eigenvalue weighted by Gasteiger charge is 2.14. The standard InChI is InChI=1S/C18H21N3O5S2/c1-3-14-7-10-16(12-17(14)28(19,25)26)20-18(22)11-6-13-4-8-15(9-5-13)21-27(2,23)24/h4-12,21H,3H2,1-2H3,(H,20,22)(H2,19,25,26)/b11-6+. The van der Waals surface area contributed by atoms with Gasteiger partial charge in [0.1, 0.15) is 0 Å². The number of benzene rings is 2. The van der Waals surface area contributed by atoms with Crippen LogP contribution in [0.2, 0.25) is 0 Å². The van der Waals surface area contributed by atoms with Crippen molar-refractivity contribution in [2.45, 2.75) is 18.2 Å². The minimum absolute atomic E-state index is 0.0225. The maximum atomic E-state index is 12.1. The summed E-state index contributed by atoms with van der Waals surface area (Å²) in [7, 11) is -7.25. The fraction of sp³-hybridized carbons (Fsp3) is 0.167. The number of hydrogen-bond acceptors (Lipinski definition) is 5. The van der Waals surface area contributed by atoms with Crippen LogP contribution in [0.1, 0.15) is 18.1 Å². The molecule has 0 saturated carbocycles. The SMILES string of the molecule is CCc1ccc(NC(=O)/C=C/c2ccc(NS(C)(=O)=O)cc2)cc1S(N)(=O)=O. The van der Waals surface area contributed by atoms with Crippen molar-refractivity contribution in [1.29, 1.82) is 0 Å². The predicted molar refractivity (Wildman–Crippen MR) is 110 cm³/mol. The molecule has 8 nitrogen and oxygen atoms in total. The number of aryl methyl sites for hydroxylation is 1. The van der Waals surface area contributed by atoms with Crippen LogP contribution in [-0.4, -0.2) is 29.0 Å². The maximum absolute atomic E-state index is 12.1. The molecule has 0 unspecified atom stereocenters. The maximum Gasteiger partial charge on any atom is 0.248 e. The third kappa shape index (κ3) is 6.48. The first-order valence-corrected chi connectivity index (χ1v) is 11.6. The summed E-state index contributed by atoms with van der Waals surface area (Å²) in [5, 5.41) is 7.80. The highest BCUT2D eigenvalue weighted by molar-refractivity contribution is 7.92. The lowest BCUT2D eigenvalue weighted by Crippen LogP contribution is -2.15. The largest absolute Gasteiger partial charge is 0.322 e. The van der Waals surface area contributed by atoms with Gasteiger partial charge in [-0.25, -0.2) is 22.0 Å². The first-order chi connectivity index (χ1) is 13.0. The van der Waals surface area contributed by atoms with Gasteiger partial charge in [-0.1, -0.05) is 25.1 Å². The zero-order chi connectivity index (χ0) is 20.9. The summed E-state index contributed by atoms with van der Waals surface area (Å²) in [4.78, 5) is 12.1. The van der Waals surface area contributed by atoms with Crippen molar-refractivity contribution >= 4 is 43.4 Å². The van der Waals surface area contributed by atoms with E-state index in [2.05, 4.69) is 10.0 Å². The van der Waals surface area contributed by atoms with Gasteiger partial charge >= 0.3 is 0 Å². The Balaban J connectivity index is 2.10. The summed E-state index contributed by atoms with van der Waals surface area (Å²) in [5.74, 6) is -0.456. The van der Waals surface area contributed by atoms with E-state index in [0.717, 1.165) is 6.26 Å². The summed E-state index contributed by atoms with van der Waals surface area (Å²) in [6.07, 6.45) is 4.37. The molecule has 0 saturated heterocycles. The molecule has 0 radical (unpaired) electrons. The van der Waals surface area contributed by atoms with E-state index in [9.17, 15) is 21.6 Å². The van der Waals surface area contributed by atoms with Gasteiger partial charge in [-0.2, -0.15) is 0 Å². The van der Waals surface area contributed by atoms with Gasteiger partial charge in [0, 0.05) is 17.5 Å². The Labute approximate surface area is 164 Å². The van der Waals surface area contributed by atoms with Crippen molar-refractivity contribution in [2.75, 3.05) is 16.3 Å². The second kappa shape index (κ2) is 8.55. The minimum Gasteiger partial charge on any atom is -0.322 e. The molecular weight excluding hydrogens is 402 g/mol. The Kier molecular flexibility index (Phi) is 6.60. The average Bonchev–Trinajstić information content (AvgIpc) is 2.59. The Morgan fingerprint density at radius 2 is 1.64 bits per heavy atom. The van der Waals surface area contributed by atoms with Crippen LogP contribution in [0.5, 0.6) is 0 Å². The molecule has 2 aromatic rings. The molecule has 1 amide bonds. The number of hydrogen-bond donors (Lipinski definition) is 3. The van der Waals surface area contributed by atoms with Gasteiger partial charge in [-0.15, -0.1) is 0 Å². The number of nitrogens with two attached hydrogens (primary N) is 1. The lowest BCUT2D eigenvalue weighted by Gasteiger charge is -2.09. The monoisotopic (exact) mass is 423 g/mol. The molecule has 0 aliphatic heterocycles. The van der Waals surface area contributed by atoms with Crippen LogP contribution in [-0.2, 0) is 31.3 Å². The Bertz CT molecular complexity index is 1110.